The van der Waals surface area contributed by atoms with Crippen LogP contribution in [0.5, 0.6) is 0 Å². The Balaban J connectivity index is 1.87. The van der Waals surface area contributed by atoms with Crippen molar-refractivity contribution in [2.45, 2.75) is 65.5 Å². The van der Waals surface area contributed by atoms with Gasteiger partial charge in [-0.25, -0.2) is 0 Å². The quantitative estimate of drug-likeness (QED) is 0.371. The average molecular weight is 471 g/mol. The fraction of sp³-hybridized carbons (Fsp3) is 0.355. The lowest BCUT2D eigenvalue weighted by Gasteiger charge is -2.32. The molecule has 1 unspecified atom stereocenters. The fourth-order valence-electron chi connectivity index (χ4n) is 4.26. The summed E-state index contributed by atoms with van der Waals surface area (Å²) < 4.78 is 0. The molecule has 3 rings (SSSR count). The van der Waals surface area contributed by atoms with Crippen LogP contribution in [0.4, 0.5) is 0 Å². The van der Waals surface area contributed by atoms with Crippen LogP contribution in [0.2, 0.25) is 0 Å². The molecular formula is C31H38N2O2. The third-order valence-corrected chi connectivity index (χ3v) is 6.31. The van der Waals surface area contributed by atoms with Crippen molar-refractivity contribution in [3.63, 3.8) is 0 Å². The van der Waals surface area contributed by atoms with Crippen LogP contribution in [0.3, 0.4) is 0 Å². The minimum absolute atomic E-state index is 0.00125. The lowest BCUT2D eigenvalue weighted by molar-refractivity contribution is -0.141. The molecule has 2 amide bonds. The Bertz CT molecular complexity index is 1080. The highest BCUT2D eigenvalue weighted by Crippen LogP contribution is 2.18. The largest absolute Gasteiger partial charge is 0.354 e. The highest BCUT2D eigenvalue weighted by Gasteiger charge is 2.30. The minimum atomic E-state index is -0.570. The maximum atomic E-state index is 13.7. The van der Waals surface area contributed by atoms with Gasteiger partial charge in [0.05, 0.1) is 0 Å². The summed E-state index contributed by atoms with van der Waals surface area (Å²) in [6, 6.07) is 26.0. The number of carbonyl (C=O) groups excluding carboxylic acids is 2. The summed E-state index contributed by atoms with van der Waals surface area (Å²) in [6.07, 6.45) is 3.35. The van der Waals surface area contributed by atoms with Crippen LogP contribution in [-0.2, 0) is 35.4 Å². The molecule has 3 aromatic rings. The monoisotopic (exact) mass is 470 g/mol. The lowest BCUT2D eigenvalue weighted by atomic mass is 10.0. The fourth-order valence-corrected chi connectivity index (χ4v) is 4.26. The van der Waals surface area contributed by atoms with E-state index in [4.69, 9.17) is 0 Å². The Hall–Kier alpha value is -3.40. The Labute approximate surface area is 210 Å². The van der Waals surface area contributed by atoms with E-state index in [1.807, 2.05) is 62.4 Å². The predicted octanol–water partition coefficient (Wildman–Crippen LogP) is 5.66. The van der Waals surface area contributed by atoms with Crippen LogP contribution in [-0.4, -0.2) is 29.3 Å². The molecule has 1 N–H and O–H groups in total. The normalized spacial score (nSPS) is 11.6. The Morgan fingerprint density at radius 1 is 0.829 bits per heavy atom. The van der Waals surface area contributed by atoms with Gasteiger partial charge in [-0.1, -0.05) is 98.3 Å². The summed E-state index contributed by atoms with van der Waals surface area (Å²) in [5.41, 5.74) is 5.65. The van der Waals surface area contributed by atoms with Crippen molar-refractivity contribution >= 4 is 11.8 Å². The maximum Gasteiger partial charge on any atom is 0.243 e. The zero-order chi connectivity index (χ0) is 25.0. The van der Waals surface area contributed by atoms with Crippen molar-refractivity contribution < 1.29 is 9.59 Å². The number of hydrogen-bond donors (Lipinski definition) is 1. The van der Waals surface area contributed by atoms with Gasteiger partial charge in [0.15, 0.2) is 0 Å². The van der Waals surface area contributed by atoms with E-state index in [0.29, 0.717) is 32.4 Å². The number of hydrogen-bond acceptors (Lipinski definition) is 2. The molecule has 0 bridgehead atoms. The molecule has 4 heteroatoms. The van der Waals surface area contributed by atoms with Gasteiger partial charge < -0.3 is 10.2 Å². The lowest BCUT2D eigenvalue weighted by Crippen LogP contribution is -2.50. The number of nitrogens with one attached hydrogen (secondary N) is 1. The van der Waals surface area contributed by atoms with Crippen molar-refractivity contribution in [3.05, 3.63) is 107 Å². The van der Waals surface area contributed by atoms with Gasteiger partial charge in [0.1, 0.15) is 6.04 Å². The number of benzene rings is 3. The molecule has 0 saturated heterocycles. The van der Waals surface area contributed by atoms with Crippen molar-refractivity contribution in [3.8, 4) is 0 Å². The summed E-state index contributed by atoms with van der Waals surface area (Å²) in [5.74, 6) is -0.0948. The molecule has 184 valence electrons. The molecule has 0 aromatic heterocycles. The van der Waals surface area contributed by atoms with E-state index in [1.54, 1.807) is 4.90 Å². The predicted molar refractivity (Wildman–Crippen MR) is 143 cm³/mol. The van der Waals surface area contributed by atoms with E-state index in [-0.39, 0.29) is 11.8 Å². The zero-order valence-corrected chi connectivity index (χ0v) is 21.3. The SMILES string of the molecule is CCCNC(=O)C(Cc1ccccc1)N(Cc1cccc(C)c1)C(=O)CCc1ccc(CC)cc1. The topological polar surface area (TPSA) is 49.4 Å². The van der Waals surface area contributed by atoms with Crippen LogP contribution in [0.25, 0.3) is 0 Å². The van der Waals surface area contributed by atoms with Gasteiger partial charge >= 0.3 is 0 Å². The summed E-state index contributed by atoms with van der Waals surface area (Å²) in [6.45, 7) is 7.22. The van der Waals surface area contributed by atoms with Crippen LogP contribution in [0.15, 0.2) is 78.9 Å². The standard InChI is InChI=1S/C31H38N2O2/c1-4-20-32-31(35)29(22-27-11-7-6-8-12-27)33(23-28-13-9-10-24(3)21-28)30(34)19-18-26-16-14-25(5-2)15-17-26/h6-17,21,29H,4-5,18-20,22-23H2,1-3H3,(H,32,35). The second kappa shape index (κ2) is 13.5. The Morgan fingerprint density at radius 2 is 1.51 bits per heavy atom. The molecule has 3 aromatic carbocycles. The molecule has 0 aliphatic carbocycles. The molecule has 4 nitrogen and oxygen atoms in total. The van der Waals surface area contributed by atoms with E-state index in [1.165, 1.54) is 5.56 Å². The molecule has 0 aliphatic rings. The van der Waals surface area contributed by atoms with E-state index >= 15 is 0 Å². The minimum Gasteiger partial charge on any atom is -0.354 e. The second-order valence-corrected chi connectivity index (χ2v) is 9.18. The molecule has 0 aliphatic heterocycles. The molecule has 1 atom stereocenters. The molecule has 0 saturated carbocycles. The number of aryl methyl sites for hydroxylation is 3. The summed E-state index contributed by atoms with van der Waals surface area (Å²) in [4.78, 5) is 28.8. The molecule has 0 spiro atoms. The smallest absolute Gasteiger partial charge is 0.243 e. The summed E-state index contributed by atoms with van der Waals surface area (Å²) in [7, 11) is 0. The van der Waals surface area contributed by atoms with Crippen LogP contribution >= 0.6 is 0 Å². The van der Waals surface area contributed by atoms with Crippen LogP contribution in [0.1, 0.15) is 54.5 Å². The first kappa shape index (κ1) is 26.2. The van der Waals surface area contributed by atoms with Crippen LogP contribution < -0.4 is 5.32 Å². The first-order valence-corrected chi connectivity index (χ1v) is 12.7. The Kier molecular flexibility index (Phi) is 10.1. The van der Waals surface area contributed by atoms with Gasteiger partial charge in [-0.15, -0.1) is 0 Å². The zero-order valence-electron chi connectivity index (χ0n) is 21.3. The van der Waals surface area contributed by atoms with Gasteiger partial charge in [-0.3, -0.25) is 9.59 Å². The first-order valence-electron chi connectivity index (χ1n) is 12.7. The molecule has 0 fully saturated rings. The van der Waals surface area contributed by atoms with Crippen molar-refractivity contribution in [1.29, 1.82) is 0 Å². The Morgan fingerprint density at radius 3 is 2.17 bits per heavy atom. The van der Waals surface area contributed by atoms with Crippen molar-refractivity contribution in [1.82, 2.24) is 10.2 Å². The number of carbonyl (C=O) groups is 2. The third-order valence-electron chi connectivity index (χ3n) is 6.31. The van der Waals surface area contributed by atoms with Crippen molar-refractivity contribution in [2.75, 3.05) is 6.54 Å². The number of amides is 2. The number of rotatable bonds is 12. The second-order valence-electron chi connectivity index (χ2n) is 9.18. The van der Waals surface area contributed by atoms with E-state index in [2.05, 4.69) is 42.6 Å². The van der Waals surface area contributed by atoms with Crippen LogP contribution in [0, 0.1) is 6.92 Å². The van der Waals surface area contributed by atoms with E-state index < -0.39 is 6.04 Å². The van der Waals surface area contributed by atoms with E-state index in [0.717, 1.165) is 35.1 Å². The summed E-state index contributed by atoms with van der Waals surface area (Å²) in [5, 5.41) is 3.04. The van der Waals surface area contributed by atoms with E-state index in [9.17, 15) is 9.59 Å². The highest BCUT2D eigenvalue weighted by atomic mass is 16.2. The van der Waals surface area contributed by atoms with Gasteiger partial charge in [0, 0.05) is 25.9 Å². The van der Waals surface area contributed by atoms with Gasteiger partial charge in [0.25, 0.3) is 0 Å². The first-order chi connectivity index (χ1) is 17.0. The summed E-state index contributed by atoms with van der Waals surface area (Å²) >= 11 is 0. The highest BCUT2D eigenvalue weighted by molar-refractivity contribution is 5.88. The molecule has 35 heavy (non-hydrogen) atoms. The average Bonchev–Trinajstić information content (AvgIpc) is 2.88. The molecule has 0 radical (unpaired) electrons. The van der Waals surface area contributed by atoms with Gasteiger partial charge in [-0.05, 0) is 48.4 Å². The molecule has 0 heterocycles. The van der Waals surface area contributed by atoms with Gasteiger partial charge in [0.2, 0.25) is 11.8 Å². The molecular weight excluding hydrogens is 432 g/mol. The van der Waals surface area contributed by atoms with Crippen molar-refractivity contribution in [2.24, 2.45) is 0 Å². The van der Waals surface area contributed by atoms with Gasteiger partial charge in [-0.2, -0.15) is 0 Å². The number of nitrogens with zero attached hydrogens (tertiary/aromatic N) is 1. The third kappa shape index (κ3) is 8.10. The maximum absolute atomic E-state index is 13.7.